The number of esters is 2. The molecule has 8 heteroatoms. The van der Waals surface area contributed by atoms with Gasteiger partial charge in [0.15, 0.2) is 3.55 Å². The third kappa shape index (κ3) is 16.8. The van der Waals surface area contributed by atoms with E-state index in [0.717, 1.165) is 19.3 Å². The van der Waals surface area contributed by atoms with Crippen LogP contribution in [0, 0.1) is 0 Å². The highest BCUT2D eigenvalue weighted by Gasteiger charge is 2.43. The second kappa shape index (κ2) is 21.1. The van der Waals surface area contributed by atoms with Gasteiger partial charge in [0.1, 0.15) is 19.3 Å². The number of hydrogen-bond acceptors (Lipinski definition) is 6. The SMILES string of the molecule is CCCCCCCCCCCCCCCCCCCC(=O)OCC(O)COC(=O)C1(I)CCC(=O)N1. The van der Waals surface area contributed by atoms with Crippen LogP contribution in [0.5, 0.6) is 0 Å². The molecule has 36 heavy (non-hydrogen) atoms. The molecule has 1 amide bonds. The zero-order valence-electron chi connectivity index (χ0n) is 22.5. The number of alkyl halides is 1. The van der Waals surface area contributed by atoms with Gasteiger partial charge in [-0.1, -0.05) is 110 Å². The van der Waals surface area contributed by atoms with E-state index in [1.165, 1.54) is 89.9 Å². The second-order valence-electron chi connectivity index (χ2n) is 10.2. The van der Waals surface area contributed by atoms with Crippen molar-refractivity contribution < 1.29 is 29.0 Å². The first-order valence-corrected chi connectivity index (χ1v) is 15.5. The minimum Gasteiger partial charge on any atom is -0.463 e. The van der Waals surface area contributed by atoms with Crippen LogP contribution < -0.4 is 5.32 Å². The number of nitrogens with one attached hydrogen (secondary N) is 1. The highest BCUT2D eigenvalue weighted by Crippen LogP contribution is 2.28. The van der Waals surface area contributed by atoms with Crippen LogP contribution in [-0.4, -0.2) is 45.8 Å². The largest absolute Gasteiger partial charge is 0.463 e. The van der Waals surface area contributed by atoms with Crippen molar-refractivity contribution in [1.29, 1.82) is 0 Å². The summed E-state index contributed by atoms with van der Waals surface area (Å²) in [6, 6.07) is 0. The van der Waals surface area contributed by atoms with Gasteiger partial charge >= 0.3 is 11.9 Å². The number of aliphatic hydroxyl groups is 1. The van der Waals surface area contributed by atoms with Gasteiger partial charge in [-0.15, -0.1) is 0 Å². The fourth-order valence-electron chi connectivity index (χ4n) is 4.37. The molecule has 0 radical (unpaired) electrons. The first kappa shape index (κ1) is 33.1. The minimum absolute atomic E-state index is 0.194. The molecule has 1 rings (SSSR count). The van der Waals surface area contributed by atoms with Crippen LogP contribution in [-0.2, 0) is 23.9 Å². The van der Waals surface area contributed by atoms with Crippen LogP contribution in [0.1, 0.15) is 135 Å². The number of amides is 1. The van der Waals surface area contributed by atoms with E-state index in [-0.39, 0.29) is 31.5 Å². The lowest BCUT2D eigenvalue weighted by atomic mass is 10.0. The Morgan fingerprint density at radius 1 is 0.833 bits per heavy atom. The van der Waals surface area contributed by atoms with Crippen molar-refractivity contribution in [2.75, 3.05) is 13.2 Å². The lowest BCUT2D eigenvalue weighted by Crippen LogP contribution is -2.45. The predicted octanol–water partition coefficient (Wildman–Crippen LogP) is 6.52. The molecule has 210 valence electrons. The van der Waals surface area contributed by atoms with Crippen LogP contribution in [0.25, 0.3) is 0 Å². The fourth-order valence-corrected chi connectivity index (χ4v) is 5.10. The summed E-state index contributed by atoms with van der Waals surface area (Å²) in [7, 11) is 0. The van der Waals surface area contributed by atoms with Crippen molar-refractivity contribution in [3.8, 4) is 0 Å². The molecule has 1 saturated heterocycles. The number of ether oxygens (including phenoxy) is 2. The molecule has 0 aromatic heterocycles. The van der Waals surface area contributed by atoms with Crippen LogP contribution in [0.15, 0.2) is 0 Å². The van der Waals surface area contributed by atoms with Crippen molar-refractivity contribution in [3.63, 3.8) is 0 Å². The number of aliphatic hydroxyl groups excluding tert-OH is 1. The van der Waals surface area contributed by atoms with Gasteiger partial charge in [-0.2, -0.15) is 0 Å². The fraction of sp³-hybridized carbons (Fsp3) is 0.893. The average Bonchev–Trinajstić information content (AvgIpc) is 3.22. The summed E-state index contributed by atoms with van der Waals surface area (Å²) in [6.07, 6.45) is 21.9. The number of halogens is 1. The number of carbonyl (C=O) groups is 3. The molecule has 1 heterocycles. The highest BCUT2D eigenvalue weighted by atomic mass is 127. The zero-order chi connectivity index (χ0) is 26.5. The van der Waals surface area contributed by atoms with Gasteiger partial charge in [0.05, 0.1) is 0 Å². The van der Waals surface area contributed by atoms with Gasteiger partial charge in [-0.3, -0.25) is 9.59 Å². The summed E-state index contributed by atoms with van der Waals surface area (Å²) in [5, 5.41) is 12.5. The quantitative estimate of drug-likeness (QED) is 0.0442. The number of hydrogen-bond donors (Lipinski definition) is 2. The summed E-state index contributed by atoms with van der Waals surface area (Å²) >= 11 is 1.85. The summed E-state index contributed by atoms with van der Waals surface area (Å²) in [5.74, 6) is -1.13. The smallest absolute Gasteiger partial charge is 0.342 e. The Morgan fingerprint density at radius 3 is 1.72 bits per heavy atom. The monoisotopic (exact) mass is 623 g/mol. The maximum Gasteiger partial charge on any atom is 0.342 e. The maximum absolute atomic E-state index is 12.1. The van der Waals surface area contributed by atoms with Crippen molar-refractivity contribution >= 4 is 40.4 Å². The van der Waals surface area contributed by atoms with Gasteiger partial charge in [-0.05, 0) is 35.4 Å². The molecule has 0 aliphatic carbocycles. The van der Waals surface area contributed by atoms with Crippen LogP contribution in [0.4, 0.5) is 0 Å². The van der Waals surface area contributed by atoms with Crippen molar-refractivity contribution in [2.45, 2.75) is 145 Å². The number of unbranched alkanes of at least 4 members (excludes halogenated alkanes) is 16. The van der Waals surface area contributed by atoms with E-state index >= 15 is 0 Å². The van der Waals surface area contributed by atoms with Crippen LogP contribution >= 0.6 is 22.6 Å². The lowest BCUT2D eigenvalue weighted by Gasteiger charge is -2.20. The Labute approximate surface area is 232 Å². The third-order valence-corrected chi connectivity index (χ3v) is 7.94. The predicted molar refractivity (Wildman–Crippen MR) is 151 cm³/mol. The number of carbonyl (C=O) groups excluding carboxylic acids is 3. The Balaban J connectivity index is 1.85. The maximum atomic E-state index is 12.1. The van der Waals surface area contributed by atoms with E-state index < -0.39 is 15.6 Å². The van der Waals surface area contributed by atoms with Crippen LogP contribution in [0.2, 0.25) is 0 Å². The van der Waals surface area contributed by atoms with E-state index in [1.54, 1.807) is 0 Å². The molecule has 1 fully saturated rings. The van der Waals surface area contributed by atoms with E-state index in [0.29, 0.717) is 12.8 Å². The molecule has 0 saturated carbocycles. The average molecular weight is 624 g/mol. The van der Waals surface area contributed by atoms with Crippen LogP contribution in [0.3, 0.4) is 0 Å². The molecule has 2 N–H and O–H groups in total. The van der Waals surface area contributed by atoms with E-state index in [9.17, 15) is 19.5 Å². The Hall–Kier alpha value is -0.900. The summed E-state index contributed by atoms with van der Waals surface area (Å²) < 4.78 is 9.08. The molecule has 1 aliphatic rings. The topological polar surface area (TPSA) is 102 Å². The molecular formula is C28H50INO6. The van der Waals surface area contributed by atoms with Gasteiger partial charge in [0.2, 0.25) is 5.91 Å². The third-order valence-electron chi connectivity index (χ3n) is 6.69. The zero-order valence-corrected chi connectivity index (χ0v) is 24.7. The van der Waals surface area contributed by atoms with Crippen molar-refractivity contribution in [3.05, 3.63) is 0 Å². The first-order valence-electron chi connectivity index (χ1n) is 14.4. The molecule has 2 unspecified atom stereocenters. The summed E-state index contributed by atoms with van der Waals surface area (Å²) in [4.78, 5) is 35.2. The lowest BCUT2D eigenvalue weighted by molar-refractivity contribution is -0.154. The van der Waals surface area contributed by atoms with E-state index in [2.05, 4.69) is 12.2 Å². The van der Waals surface area contributed by atoms with Gasteiger partial charge in [-0.25, -0.2) is 4.79 Å². The Bertz CT molecular complexity index is 617. The highest BCUT2D eigenvalue weighted by molar-refractivity contribution is 14.1. The number of rotatable bonds is 23. The summed E-state index contributed by atoms with van der Waals surface area (Å²) in [5.41, 5.74) is 0. The Morgan fingerprint density at radius 2 is 1.28 bits per heavy atom. The van der Waals surface area contributed by atoms with Gasteiger partial charge in [0, 0.05) is 12.8 Å². The summed E-state index contributed by atoms with van der Waals surface area (Å²) in [6.45, 7) is 1.79. The van der Waals surface area contributed by atoms with E-state index in [1.807, 2.05) is 22.6 Å². The molecule has 0 bridgehead atoms. The second-order valence-corrected chi connectivity index (χ2v) is 12.0. The first-order chi connectivity index (χ1) is 17.4. The molecule has 0 aromatic carbocycles. The minimum atomic E-state index is -1.08. The van der Waals surface area contributed by atoms with E-state index in [4.69, 9.17) is 9.47 Å². The molecular weight excluding hydrogens is 573 g/mol. The molecule has 1 aliphatic heterocycles. The molecule has 0 spiro atoms. The van der Waals surface area contributed by atoms with Gasteiger partial charge in [0.25, 0.3) is 0 Å². The van der Waals surface area contributed by atoms with Gasteiger partial charge < -0.3 is 19.9 Å². The standard InChI is InChI=1S/C28H50INO6/c1-2-3-4-5-6-7-8-9-10-11-12-13-14-15-16-17-18-19-26(33)35-22-24(31)23-36-27(34)28(29)21-20-25(32)30-28/h24,31H,2-23H2,1H3,(H,30,32). The normalized spacial score (nSPS) is 18.1. The molecule has 2 atom stereocenters. The van der Waals surface area contributed by atoms with Crippen molar-refractivity contribution in [2.24, 2.45) is 0 Å². The molecule has 7 nitrogen and oxygen atoms in total. The Kier molecular flexibility index (Phi) is 19.4. The molecule has 0 aromatic rings. The van der Waals surface area contributed by atoms with Crippen molar-refractivity contribution in [1.82, 2.24) is 5.32 Å².